The van der Waals surface area contributed by atoms with E-state index in [0.29, 0.717) is 0 Å². The molecule has 0 N–H and O–H groups in total. The molecule has 1 saturated heterocycles. The molecule has 13 heavy (non-hydrogen) atoms. The lowest BCUT2D eigenvalue weighted by atomic mass is 9.74. The maximum Gasteiger partial charge on any atom is 0.509 e. The molecular weight excluding hydrogens is 168 g/mol. The Balaban J connectivity index is 2.24. The predicted molar refractivity (Wildman–Crippen MR) is 47.5 cm³/mol. The van der Waals surface area contributed by atoms with Crippen molar-refractivity contribution >= 4 is 6.16 Å². The van der Waals surface area contributed by atoms with Gasteiger partial charge in [0.2, 0.25) is 0 Å². The molecular formula is C10H16O3. The predicted octanol–water partition coefficient (Wildman–Crippen LogP) is 2.63. The first-order valence-electron chi connectivity index (χ1n) is 4.98. The molecule has 1 heterocycles. The van der Waals surface area contributed by atoms with Gasteiger partial charge >= 0.3 is 6.16 Å². The molecule has 0 amide bonds. The molecule has 1 spiro atoms. The van der Waals surface area contributed by atoms with Gasteiger partial charge in [0, 0.05) is 0 Å². The summed E-state index contributed by atoms with van der Waals surface area (Å²) < 4.78 is 10.5. The Labute approximate surface area is 78.4 Å². The molecule has 0 aromatic heterocycles. The van der Waals surface area contributed by atoms with Crippen LogP contribution in [-0.2, 0) is 9.47 Å². The van der Waals surface area contributed by atoms with Gasteiger partial charge in [0.1, 0.15) is 5.60 Å². The van der Waals surface area contributed by atoms with Crippen LogP contribution in [0, 0.1) is 0 Å². The van der Waals surface area contributed by atoms with Crippen molar-refractivity contribution in [2.75, 3.05) is 0 Å². The highest BCUT2D eigenvalue weighted by Crippen LogP contribution is 2.46. The van der Waals surface area contributed by atoms with E-state index in [1.54, 1.807) is 0 Å². The molecule has 0 aromatic carbocycles. The third kappa shape index (κ3) is 1.21. The number of hydrogen-bond acceptors (Lipinski definition) is 3. The summed E-state index contributed by atoms with van der Waals surface area (Å²) in [4.78, 5) is 11.1. The lowest BCUT2D eigenvalue weighted by Crippen LogP contribution is -2.48. The fourth-order valence-electron chi connectivity index (χ4n) is 2.43. The van der Waals surface area contributed by atoms with Crippen molar-refractivity contribution in [3.63, 3.8) is 0 Å². The minimum Gasteiger partial charge on any atom is -0.424 e. The van der Waals surface area contributed by atoms with Gasteiger partial charge < -0.3 is 9.47 Å². The highest BCUT2D eigenvalue weighted by atomic mass is 16.8. The molecule has 1 saturated carbocycles. The topological polar surface area (TPSA) is 35.5 Å². The Morgan fingerprint density at radius 2 is 1.69 bits per heavy atom. The number of rotatable bonds is 0. The lowest BCUT2D eigenvalue weighted by molar-refractivity contribution is -0.0507. The lowest BCUT2D eigenvalue weighted by Gasteiger charge is -2.38. The van der Waals surface area contributed by atoms with E-state index in [-0.39, 0.29) is 5.60 Å². The van der Waals surface area contributed by atoms with Gasteiger partial charge in [0.25, 0.3) is 0 Å². The Bertz CT molecular complexity index is 226. The van der Waals surface area contributed by atoms with Crippen molar-refractivity contribution < 1.29 is 14.3 Å². The van der Waals surface area contributed by atoms with Crippen molar-refractivity contribution in [3.05, 3.63) is 0 Å². The van der Waals surface area contributed by atoms with Crippen molar-refractivity contribution in [1.29, 1.82) is 0 Å². The smallest absolute Gasteiger partial charge is 0.424 e. The Morgan fingerprint density at radius 1 is 1.08 bits per heavy atom. The van der Waals surface area contributed by atoms with Crippen molar-refractivity contribution in [3.8, 4) is 0 Å². The fourth-order valence-corrected chi connectivity index (χ4v) is 2.43. The van der Waals surface area contributed by atoms with Crippen LogP contribution in [-0.4, -0.2) is 17.4 Å². The molecule has 3 nitrogen and oxygen atoms in total. The zero-order chi connectivity index (χ0) is 9.53. The van der Waals surface area contributed by atoms with Crippen LogP contribution in [0.15, 0.2) is 0 Å². The van der Waals surface area contributed by atoms with Crippen LogP contribution in [0.2, 0.25) is 0 Å². The van der Waals surface area contributed by atoms with E-state index in [1.165, 1.54) is 6.42 Å². The van der Waals surface area contributed by atoms with Crippen molar-refractivity contribution in [1.82, 2.24) is 0 Å². The Hall–Kier alpha value is -0.730. The number of carbonyl (C=O) groups is 1. The van der Waals surface area contributed by atoms with Gasteiger partial charge in [-0.2, -0.15) is 0 Å². The van der Waals surface area contributed by atoms with E-state index in [9.17, 15) is 4.79 Å². The molecule has 74 valence electrons. The first-order valence-corrected chi connectivity index (χ1v) is 4.98. The van der Waals surface area contributed by atoms with Crippen LogP contribution in [0.5, 0.6) is 0 Å². The van der Waals surface area contributed by atoms with Gasteiger partial charge in [-0.3, -0.25) is 0 Å². The minimum absolute atomic E-state index is 0.331. The van der Waals surface area contributed by atoms with E-state index in [1.807, 2.05) is 13.8 Å². The number of hydrogen-bond donors (Lipinski definition) is 0. The van der Waals surface area contributed by atoms with Gasteiger partial charge in [-0.15, -0.1) is 0 Å². The zero-order valence-corrected chi connectivity index (χ0v) is 8.26. The largest absolute Gasteiger partial charge is 0.509 e. The molecule has 3 heteroatoms. The average Bonchev–Trinajstić information content (AvgIpc) is 2.23. The summed E-state index contributed by atoms with van der Waals surface area (Å²) in [5, 5.41) is 0. The van der Waals surface area contributed by atoms with Gasteiger partial charge in [-0.05, 0) is 39.5 Å². The maximum atomic E-state index is 11.1. The molecule has 2 fully saturated rings. The second-order valence-electron chi connectivity index (χ2n) is 4.52. The highest BCUT2D eigenvalue weighted by molar-refractivity contribution is 5.64. The van der Waals surface area contributed by atoms with E-state index in [4.69, 9.17) is 9.47 Å². The third-order valence-electron chi connectivity index (χ3n) is 3.38. The maximum absolute atomic E-state index is 11.1. The molecule has 1 aliphatic heterocycles. The van der Waals surface area contributed by atoms with Crippen LogP contribution in [0.1, 0.15) is 46.0 Å². The summed E-state index contributed by atoms with van der Waals surface area (Å²) >= 11 is 0. The number of cyclic esters (lactones) is 1. The summed E-state index contributed by atoms with van der Waals surface area (Å²) in [6, 6.07) is 0. The summed E-state index contributed by atoms with van der Waals surface area (Å²) in [7, 11) is 0. The summed E-state index contributed by atoms with van der Waals surface area (Å²) in [6.45, 7) is 3.90. The SMILES string of the molecule is CC1(C)OC(=O)OC12CCCCC2. The van der Waals surface area contributed by atoms with Crippen LogP contribution >= 0.6 is 0 Å². The van der Waals surface area contributed by atoms with E-state index >= 15 is 0 Å². The van der Waals surface area contributed by atoms with Crippen LogP contribution in [0.3, 0.4) is 0 Å². The Morgan fingerprint density at radius 3 is 2.15 bits per heavy atom. The summed E-state index contributed by atoms with van der Waals surface area (Å²) in [5.41, 5.74) is -0.771. The van der Waals surface area contributed by atoms with E-state index < -0.39 is 11.8 Å². The number of carbonyl (C=O) groups excluding carboxylic acids is 1. The fraction of sp³-hybridized carbons (Fsp3) is 0.900. The van der Waals surface area contributed by atoms with Gasteiger partial charge in [-0.1, -0.05) is 6.42 Å². The minimum atomic E-state index is -0.494. The Kier molecular flexibility index (Phi) is 1.79. The normalized spacial score (nSPS) is 29.8. The second kappa shape index (κ2) is 2.63. The van der Waals surface area contributed by atoms with Crippen molar-refractivity contribution in [2.45, 2.75) is 57.2 Å². The molecule has 2 rings (SSSR count). The number of ether oxygens (including phenoxy) is 2. The molecule has 0 unspecified atom stereocenters. The summed E-state index contributed by atoms with van der Waals surface area (Å²) in [6.07, 6.45) is 4.93. The van der Waals surface area contributed by atoms with Crippen LogP contribution < -0.4 is 0 Å². The van der Waals surface area contributed by atoms with Crippen LogP contribution in [0.4, 0.5) is 4.79 Å². The van der Waals surface area contributed by atoms with Gasteiger partial charge in [-0.25, -0.2) is 4.79 Å². The standard InChI is InChI=1S/C10H16O3/c1-9(2)10(13-8(11)12-9)6-4-3-5-7-10/h3-7H2,1-2H3. The van der Waals surface area contributed by atoms with Crippen LogP contribution in [0.25, 0.3) is 0 Å². The van der Waals surface area contributed by atoms with E-state index in [0.717, 1.165) is 25.7 Å². The van der Waals surface area contributed by atoms with Gasteiger partial charge in [0.15, 0.2) is 5.60 Å². The second-order valence-corrected chi connectivity index (χ2v) is 4.52. The molecule has 0 aromatic rings. The molecule has 0 radical (unpaired) electrons. The monoisotopic (exact) mass is 184 g/mol. The molecule has 0 bridgehead atoms. The first-order chi connectivity index (χ1) is 6.06. The van der Waals surface area contributed by atoms with E-state index in [2.05, 4.69) is 0 Å². The quantitative estimate of drug-likeness (QED) is 0.543. The third-order valence-corrected chi connectivity index (χ3v) is 3.38. The van der Waals surface area contributed by atoms with Gasteiger partial charge in [0.05, 0.1) is 0 Å². The molecule has 1 aliphatic carbocycles. The summed E-state index contributed by atoms with van der Waals surface area (Å²) in [5.74, 6) is 0. The zero-order valence-electron chi connectivity index (χ0n) is 8.26. The average molecular weight is 184 g/mol. The molecule has 2 aliphatic rings. The first kappa shape index (κ1) is 8.85. The van der Waals surface area contributed by atoms with Crippen molar-refractivity contribution in [2.24, 2.45) is 0 Å². The highest BCUT2D eigenvalue weighted by Gasteiger charge is 2.57. The molecule has 0 atom stereocenters.